The monoisotopic (exact) mass is 436 g/mol. The van der Waals surface area contributed by atoms with Crippen LogP contribution in [0.1, 0.15) is 67.9 Å². The Morgan fingerprint density at radius 1 is 1.39 bits per heavy atom. The van der Waals surface area contributed by atoms with E-state index >= 15 is 0 Å². The van der Waals surface area contributed by atoms with Crippen LogP contribution < -0.4 is 15.9 Å². The van der Waals surface area contributed by atoms with Crippen LogP contribution in [0.3, 0.4) is 0 Å². The van der Waals surface area contributed by atoms with Crippen molar-refractivity contribution in [1.82, 2.24) is 14.9 Å². The highest BCUT2D eigenvalue weighted by atomic mass is 32.1. The van der Waals surface area contributed by atoms with Crippen LogP contribution in [0.5, 0.6) is 0 Å². The standard InChI is InChI=1S/C25H32N4OS/c1-16(2)11-25(30)28-19-5-4-6-21-22-12-18(13-26)7-9-24(22)29(23(21)10-8-19)14-20-15-31-17(3)27-20/h9,12,15-16,18-19H,4-8,10-11,14H2,1-3H3,(H,28,30)/t18?,19-/m1/s1. The van der Waals surface area contributed by atoms with Crippen LogP contribution in [0.4, 0.5) is 0 Å². The molecule has 2 atom stereocenters. The molecule has 0 radical (unpaired) electrons. The highest BCUT2D eigenvalue weighted by Gasteiger charge is 2.23. The van der Waals surface area contributed by atoms with Gasteiger partial charge in [-0.05, 0) is 56.9 Å². The number of fused-ring (bicyclic) bond motifs is 3. The van der Waals surface area contributed by atoms with E-state index in [0.717, 1.165) is 55.8 Å². The zero-order chi connectivity index (χ0) is 22.0. The van der Waals surface area contributed by atoms with Gasteiger partial charge in [-0.25, -0.2) is 4.98 Å². The van der Waals surface area contributed by atoms with Crippen molar-refractivity contribution in [3.05, 3.63) is 37.9 Å². The van der Waals surface area contributed by atoms with Crippen molar-refractivity contribution in [3.63, 3.8) is 0 Å². The number of nitrogens with zero attached hydrogens (tertiary/aromatic N) is 3. The number of hydrogen-bond donors (Lipinski definition) is 1. The molecule has 1 unspecified atom stereocenters. The predicted octanol–water partition coefficient (Wildman–Crippen LogP) is 3.21. The Balaban J connectivity index is 1.67. The number of amides is 1. The van der Waals surface area contributed by atoms with Crippen molar-refractivity contribution in [2.75, 3.05) is 0 Å². The second kappa shape index (κ2) is 9.40. The fraction of sp³-hybridized carbons (Fsp3) is 0.560. The molecule has 0 aromatic carbocycles. The lowest BCUT2D eigenvalue weighted by Crippen LogP contribution is -2.36. The summed E-state index contributed by atoms with van der Waals surface area (Å²) >= 11 is 1.69. The molecule has 4 rings (SSSR count). The Morgan fingerprint density at radius 3 is 2.94 bits per heavy atom. The Kier molecular flexibility index (Phi) is 6.62. The molecule has 2 aliphatic carbocycles. The van der Waals surface area contributed by atoms with E-state index in [4.69, 9.17) is 4.98 Å². The number of rotatable bonds is 5. The maximum Gasteiger partial charge on any atom is 0.220 e. The molecule has 0 spiro atoms. The highest BCUT2D eigenvalue weighted by molar-refractivity contribution is 7.09. The Bertz CT molecular complexity index is 1120. The number of aromatic nitrogens is 2. The van der Waals surface area contributed by atoms with Gasteiger partial charge in [0.2, 0.25) is 5.91 Å². The van der Waals surface area contributed by atoms with Gasteiger partial charge in [0.05, 0.1) is 29.2 Å². The smallest absolute Gasteiger partial charge is 0.220 e. The fourth-order valence-corrected chi connectivity index (χ4v) is 5.54. The summed E-state index contributed by atoms with van der Waals surface area (Å²) < 4.78 is 2.43. The summed E-state index contributed by atoms with van der Waals surface area (Å²) in [4.78, 5) is 17.0. The van der Waals surface area contributed by atoms with Crippen molar-refractivity contribution in [2.45, 2.75) is 78.3 Å². The molecule has 2 aliphatic rings. The molecule has 2 aromatic rings. The molecule has 1 amide bonds. The maximum absolute atomic E-state index is 12.3. The SMILES string of the molecule is Cc1nc(Cn2c3c(c4c2=CCC(C#N)C=4)CCC[C@@H](NC(=O)CC(C)C)CC3)cs1. The molecule has 2 aromatic heterocycles. The number of nitrogens with one attached hydrogen (secondary N) is 1. The predicted molar refractivity (Wildman–Crippen MR) is 125 cm³/mol. The van der Waals surface area contributed by atoms with Gasteiger partial charge < -0.3 is 9.88 Å². The first-order chi connectivity index (χ1) is 14.9. The van der Waals surface area contributed by atoms with Crippen molar-refractivity contribution >= 4 is 29.4 Å². The van der Waals surface area contributed by atoms with Gasteiger partial charge in [-0.2, -0.15) is 5.26 Å². The molecular formula is C25H32N4OS. The zero-order valence-corrected chi connectivity index (χ0v) is 19.6. The van der Waals surface area contributed by atoms with E-state index in [1.54, 1.807) is 11.3 Å². The Hall–Kier alpha value is -2.39. The minimum Gasteiger partial charge on any atom is -0.353 e. The van der Waals surface area contributed by atoms with Gasteiger partial charge >= 0.3 is 0 Å². The van der Waals surface area contributed by atoms with Crippen LogP contribution >= 0.6 is 11.3 Å². The first-order valence-electron chi connectivity index (χ1n) is 11.5. The molecule has 0 saturated carbocycles. The van der Waals surface area contributed by atoms with Gasteiger partial charge in [-0.1, -0.05) is 26.0 Å². The molecule has 0 bridgehead atoms. The third-order valence-electron chi connectivity index (χ3n) is 6.32. The molecule has 2 heterocycles. The minimum absolute atomic E-state index is 0.0394. The zero-order valence-electron chi connectivity index (χ0n) is 18.8. The number of nitriles is 1. The fourth-order valence-electron chi connectivity index (χ4n) is 4.94. The average molecular weight is 437 g/mol. The third kappa shape index (κ3) is 4.93. The van der Waals surface area contributed by atoms with Crippen molar-refractivity contribution in [2.24, 2.45) is 11.8 Å². The largest absolute Gasteiger partial charge is 0.353 e. The molecule has 0 saturated heterocycles. The van der Waals surface area contributed by atoms with Gasteiger partial charge in [0.1, 0.15) is 0 Å². The van der Waals surface area contributed by atoms with Crippen LogP contribution in [0.25, 0.3) is 12.2 Å². The maximum atomic E-state index is 12.3. The van der Waals surface area contributed by atoms with Gasteiger partial charge in [0.15, 0.2) is 0 Å². The van der Waals surface area contributed by atoms with Gasteiger partial charge in [0.25, 0.3) is 0 Å². The topological polar surface area (TPSA) is 70.7 Å². The Labute approximate surface area is 188 Å². The first kappa shape index (κ1) is 21.8. The third-order valence-corrected chi connectivity index (χ3v) is 7.14. The van der Waals surface area contributed by atoms with E-state index in [1.165, 1.54) is 21.8 Å². The second-order valence-electron chi connectivity index (χ2n) is 9.30. The lowest BCUT2D eigenvalue weighted by Gasteiger charge is -2.23. The van der Waals surface area contributed by atoms with Crippen LogP contribution in [0.2, 0.25) is 0 Å². The Morgan fingerprint density at radius 2 is 2.23 bits per heavy atom. The summed E-state index contributed by atoms with van der Waals surface area (Å²) in [6, 6.07) is 2.67. The van der Waals surface area contributed by atoms with E-state index < -0.39 is 0 Å². The second-order valence-corrected chi connectivity index (χ2v) is 10.4. The number of thiazole rings is 1. The first-order valence-corrected chi connectivity index (χ1v) is 12.3. The molecule has 1 N–H and O–H groups in total. The molecule has 164 valence electrons. The molecule has 0 aliphatic heterocycles. The highest BCUT2D eigenvalue weighted by Crippen LogP contribution is 2.21. The summed E-state index contributed by atoms with van der Waals surface area (Å²) in [5, 5.41) is 18.5. The van der Waals surface area contributed by atoms with E-state index in [1.807, 2.05) is 6.92 Å². The molecule has 5 nitrogen and oxygen atoms in total. The van der Waals surface area contributed by atoms with Gasteiger partial charge in [0, 0.05) is 34.1 Å². The molecule has 6 heteroatoms. The number of carbonyl (C=O) groups is 1. The van der Waals surface area contributed by atoms with E-state index in [9.17, 15) is 10.1 Å². The number of aryl methyl sites for hydroxylation is 1. The number of carbonyl (C=O) groups excluding carboxylic acids is 1. The van der Waals surface area contributed by atoms with Gasteiger partial charge in [-0.3, -0.25) is 4.79 Å². The van der Waals surface area contributed by atoms with Crippen LogP contribution in [-0.2, 0) is 24.2 Å². The molecular weight excluding hydrogens is 404 g/mol. The molecule has 31 heavy (non-hydrogen) atoms. The summed E-state index contributed by atoms with van der Waals surface area (Å²) in [6.45, 7) is 6.99. The lowest BCUT2D eigenvalue weighted by molar-refractivity contribution is -0.122. The summed E-state index contributed by atoms with van der Waals surface area (Å²) in [5.41, 5.74) is 3.87. The van der Waals surface area contributed by atoms with E-state index in [0.29, 0.717) is 12.3 Å². The van der Waals surface area contributed by atoms with Crippen LogP contribution in [-0.4, -0.2) is 21.5 Å². The van der Waals surface area contributed by atoms with Gasteiger partial charge in [-0.15, -0.1) is 11.3 Å². The lowest BCUT2D eigenvalue weighted by atomic mass is 9.92. The van der Waals surface area contributed by atoms with Crippen molar-refractivity contribution < 1.29 is 4.79 Å². The summed E-state index contributed by atoms with van der Waals surface area (Å²) in [5.74, 6) is 0.513. The van der Waals surface area contributed by atoms with E-state index in [-0.39, 0.29) is 17.9 Å². The van der Waals surface area contributed by atoms with Crippen LogP contribution in [0, 0.1) is 30.1 Å². The van der Waals surface area contributed by atoms with Crippen molar-refractivity contribution in [1.29, 1.82) is 5.26 Å². The summed E-state index contributed by atoms with van der Waals surface area (Å²) in [6.07, 6.45) is 10.8. The normalized spacial score (nSPS) is 20.5. The quantitative estimate of drug-likeness (QED) is 0.782. The van der Waals surface area contributed by atoms with Crippen LogP contribution in [0.15, 0.2) is 5.38 Å². The molecule has 0 fully saturated rings. The van der Waals surface area contributed by atoms with Crippen molar-refractivity contribution in [3.8, 4) is 6.07 Å². The minimum atomic E-state index is -0.0394. The number of hydrogen-bond acceptors (Lipinski definition) is 4. The summed E-state index contributed by atoms with van der Waals surface area (Å²) in [7, 11) is 0. The average Bonchev–Trinajstić information content (AvgIpc) is 3.24. The van der Waals surface area contributed by atoms with E-state index in [2.05, 4.69) is 47.3 Å².